The third-order valence-corrected chi connectivity index (χ3v) is 3.59. The first-order valence-electron chi connectivity index (χ1n) is 9.07. The number of amides is 2. The molecule has 0 atom stereocenters. The fourth-order valence-corrected chi connectivity index (χ4v) is 2.33. The van der Waals surface area contributed by atoms with Crippen LogP contribution in [0.5, 0.6) is 5.75 Å². The van der Waals surface area contributed by atoms with E-state index in [4.69, 9.17) is 4.74 Å². The quantitative estimate of drug-likeness (QED) is 0.607. The van der Waals surface area contributed by atoms with Crippen molar-refractivity contribution in [3.05, 3.63) is 66.7 Å². The first-order valence-corrected chi connectivity index (χ1v) is 9.07. The number of hydrogen-bond acceptors (Lipinski definition) is 4. The highest BCUT2D eigenvalue weighted by Crippen LogP contribution is 2.16. The van der Waals surface area contributed by atoms with Crippen LogP contribution >= 0.6 is 0 Å². The Balaban J connectivity index is 1.82. The normalized spacial score (nSPS) is 10.7. The van der Waals surface area contributed by atoms with E-state index in [0.29, 0.717) is 23.6 Å². The van der Waals surface area contributed by atoms with Gasteiger partial charge in [-0.1, -0.05) is 12.7 Å². The van der Waals surface area contributed by atoms with Gasteiger partial charge in [-0.25, -0.2) is 0 Å². The van der Waals surface area contributed by atoms with Gasteiger partial charge in [-0.3, -0.25) is 9.59 Å². The van der Waals surface area contributed by atoms with Crippen LogP contribution in [0.3, 0.4) is 0 Å². The number of anilines is 2. The molecule has 2 aromatic carbocycles. The summed E-state index contributed by atoms with van der Waals surface area (Å²) in [7, 11) is 0. The van der Waals surface area contributed by atoms with E-state index >= 15 is 0 Å². The van der Waals surface area contributed by atoms with Gasteiger partial charge in [0, 0.05) is 22.5 Å². The maximum Gasteiger partial charge on any atom is 0.251 e. The Morgan fingerprint density at radius 1 is 1.00 bits per heavy atom. The zero-order valence-corrected chi connectivity index (χ0v) is 16.5. The highest BCUT2D eigenvalue weighted by Gasteiger charge is 2.15. The van der Waals surface area contributed by atoms with E-state index < -0.39 is 0 Å². The van der Waals surface area contributed by atoms with Gasteiger partial charge in [0.15, 0.2) is 0 Å². The molecule has 2 amide bonds. The van der Waals surface area contributed by atoms with Crippen LogP contribution in [0.15, 0.2) is 61.2 Å². The zero-order chi connectivity index (χ0) is 20.6. The maximum atomic E-state index is 12.1. The summed E-state index contributed by atoms with van der Waals surface area (Å²) in [5, 5.41) is 8.76. The first kappa shape index (κ1) is 21.0. The second-order valence-corrected chi connectivity index (χ2v) is 7.31. The molecular weight excluding hydrogens is 354 g/mol. The van der Waals surface area contributed by atoms with Crippen molar-refractivity contribution in [3.63, 3.8) is 0 Å². The fraction of sp³-hybridized carbons (Fsp3) is 0.273. The summed E-state index contributed by atoms with van der Waals surface area (Å²) in [5.41, 5.74) is 1.73. The summed E-state index contributed by atoms with van der Waals surface area (Å²) in [6, 6.07) is 14.1. The monoisotopic (exact) mass is 381 g/mol. The van der Waals surface area contributed by atoms with Crippen LogP contribution in [-0.2, 0) is 4.79 Å². The Hall–Kier alpha value is -3.28. The van der Waals surface area contributed by atoms with Crippen molar-refractivity contribution in [2.45, 2.75) is 26.3 Å². The van der Waals surface area contributed by atoms with Gasteiger partial charge < -0.3 is 20.7 Å². The van der Waals surface area contributed by atoms with E-state index in [-0.39, 0.29) is 23.9 Å². The molecule has 0 bridgehead atoms. The van der Waals surface area contributed by atoms with Crippen molar-refractivity contribution < 1.29 is 14.3 Å². The summed E-state index contributed by atoms with van der Waals surface area (Å²) in [4.78, 5) is 24.2. The maximum absolute atomic E-state index is 12.1. The molecule has 0 aromatic heterocycles. The molecule has 0 aliphatic heterocycles. The minimum absolute atomic E-state index is 0.113. The van der Waals surface area contributed by atoms with Gasteiger partial charge in [-0.2, -0.15) is 0 Å². The van der Waals surface area contributed by atoms with E-state index in [0.717, 1.165) is 5.69 Å². The van der Waals surface area contributed by atoms with Gasteiger partial charge in [0.2, 0.25) is 5.91 Å². The lowest BCUT2D eigenvalue weighted by atomic mass is 10.1. The molecule has 2 aromatic rings. The van der Waals surface area contributed by atoms with E-state index in [9.17, 15) is 9.59 Å². The van der Waals surface area contributed by atoms with Gasteiger partial charge in [0.1, 0.15) is 12.4 Å². The number of ether oxygens (including phenoxy) is 1. The van der Waals surface area contributed by atoms with Crippen molar-refractivity contribution in [3.8, 4) is 5.75 Å². The number of hydrogen-bond donors (Lipinski definition) is 3. The average Bonchev–Trinajstić information content (AvgIpc) is 2.65. The van der Waals surface area contributed by atoms with Crippen molar-refractivity contribution in [2.75, 3.05) is 23.8 Å². The molecule has 0 saturated heterocycles. The minimum atomic E-state index is -0.290. The van der Waals surface area contributed by atoms with Gasteiger partial charge in [0.25, 0.3) is 5.91 Å². The molecule has 148 valence electrons. The van der Waals surface area contributed by atoms with Crippen molar-refractivity contribution >= 4 is 23.2 Å². The molecule has 0 radical (unpaired) electrons. The number of nitrogens with one attached hydrogen (secondary N) is 3. The topological polar surface area (TPSA) is 79.5 Å². The third kappa shape index (κ3) is 7.15. The molecule has 0 heterocycles. The van der Waals surface area contributed by atoms with Crippen molar-refractivity contribution in [2.24, 2.45) is 0 Å². The Labute approximate surface area is 166 Å². The van der Waals surface area contributed by atoms with Gasteiger partial charge in [-0.05, 0) is 69.3 Å². The molecule has 2 rings (SSSR count). The summed E-state index contributed by atoms with van der Waals surface area (Å²) in [5.74, 6) is 0.415. The molecule has 6 nitrogen and oxygen atoms in total. The van der Waals surface area contributed by atoms with Crippen molar-refractivity contribution in [1.29, 1.82) is 0 Å². The third-order valence-electron chi connectivity index (χ3n) is 3.59. The van der Waals surface area contributed by atoms with Gasteiger partial charge >= 0.3 is 0 Å². The Kier molecular flexibility index (Phi) is 7.21. The summed E-state index contributed by atoms with van der Waals surface area (Å²) in [6.45, 7) is 9.94. The lowest BCUT2D eigenvalue weighted by molar-refractivity contribution is -0.114. The van der Waals surface area contributed by atoms with E-state index in [2.05, 4.69) is 22.5 Å². The number of carbonyl (C=O) groups is 2. The average molecular weight is 381 g/mol. The first-order chi connectivity index (χ1) is 13.3. The fourth-order valence-electron chi connectivity index (χ4n) is 2.33. The van der Waals surface area contributed by atoms with Crippen LogP contribution in [0.1, 0.15) is 31.1 Å². The SMILES string of the molecule is C=CCOc1ccc(NC(=O)CNc2ccc(C(=O)NC(C)(C)C)cc2)cc1. The van der Waals surface area contributed by atoms with Crippen LogP contribution in [-0.4, -0.2) is 30.5 Å². The molecule has 6 heteroatoms. The molecule has 0 aliphatic rings. The highest BCUT2D eigenvalue weighted by atomic mass is 16.5. The van der Waals surface area contributed by atoms with E-state index in [1.165, 1.54) is 0 Å². The van der Waals surface area contributed by atoms with Crippen LogP contribution in [0, 0.1) is 0 Å². The molecule has 3 N–H and O–H groups in total. The second kappa shape index (κ2) is 9.60. The smallest absolute Gasteiger partial charge is 0.251 e. The van der Waals surface area contributed by atoms with Gasteiger partial charge in [0.05, 0.1) is 6.54 Å². The molecular formula is C22H27N3O3. The zero-order valence-electron chi connectivity index (χ0n) is 16.5. The minimum Gasteiger partial charge on any atom is -0.490 e. The van der Waals surface area contributed by atoms with E-state index in [1.807, 2.05) is 20.8 Å². The Bertz CT molecular complexity index is 806. The summed E-state index contributed by atoms with van der Waals surface area (Å²) >= 11 is 0. The van der Waals surface area contributed by atoms with Crippen molar-refractivity contribution in [1.82, 2.24) is 5.32 Å². The molecule has 28 heavy (non-hydrogen) atoms. The highest BCUT2D eigenvalue weighted by molar-refractivity contribution is 5.95. The van der Waals surface area contributed by atoms with Crippen LogP contribution < -0.4 is 20.7 Å². The van der Waals surface area contributed by atoms with Gasteiger partial charge in [-0.15, -0.1) is 0 Å². The lowest BCUT2D eigenvalue weighted by Crippen LogP contribution is -2.40. The predicted molar refractivity (Wildman–Crippen MR) is 113 cm³/mol. The summed E-state index contributed by atoms with van der Waals surface area (Å²) in [6.07, 6.45) is 1.67. The second-order valence-electron chi connectivity index (χ2n) is 7.31. The number of benzene rings is 2. The van der Waals surface area contributed by atoms with E-state index in [1.54, 1.807) is 54.6 Å². The Morgan fingerprint density at radius 2 is 1.61 bits per heavy atom. The van der Waals surface area contributed by atoms with Crippen LogP contribution in [0.4, 0.5) is 11.4 Å². The number of rotatable bonds is 8. The van der Waals surface area contributed by atoms with Crippen LogP contribution in [0.2, 0.25) is 0 Å². The summed E-state index contributed by atoms with van der Waals surface area (Å²) < 4.78 is 5.40. The molecule has 0 saturated carbocycles. The van der Waals surface area contributed by atoms with Crippen LogP contribution in [0.25, 0.3) is 0 Å². The largest absolute Gasteiger partial charge is 0.490 e. The molecule has 0 spiro atoms. The standard InChI is InChI=1S/C22H27N3O3/c1-5-14-28-19-12-10-18(11-13-19)24-20(26)15-23-17-8-6-16(7-9-17)21(27)25-22(2,3)4/h5-13,23H,1,14-15H2,2-4H3,(H,24,26)(H,25,27). The lowest BCUT2D eigenvalue weighted by Gasteiger charge is -2.20. The predicted octanol–water partition coefficient (Wildman–Crippen LogP) is 3.83. The molecule has 0 fully saturated rings. The Morgan fingerprint density at radius 3 is 2.18 bits per heavy atom. The molecule has 0 unspecified atom stereocenters. The number of carbonyl (C=O) groups excluding carboxylic acids is 2. The molecule has 0 aliphatic carbocycles.